The van der Waals surface area contributed by atoms with Crippen LogP contribution in [0.4, 0.5) is 0 Å². The Labute approximate surface area is 105 Å². The van der Waals surface area contributed by atoms with Gasteiger partial charge < -0.3 is 5.73 Å². The van der Waals surface area contributed by atoms with Gasteiger partial charge in [0.2, 0.25) is 0 Å². The molecule has 17 heavy (non-hydrogen) atoms. The monoisotopic (exact) mass is 248 g/mol. The topological polar surface area (TPSA) is 64.7 Å². The van der Waals surface area contributed by atoms with Crippen LogP contribution in [-0.2, 0) is 6.42 Å². The first-order chi connectivity index (χ1) is 8.22. The molecule has 2 N–H and O–H groups in total. The van der Waals surface area contributed by atoms with Crippen molar-refractivity contribution in [3.63, 3.8) is 0 Å². The zero-order chi connectivity index (χ0) is 12.3. The van der Waals surface area contributed by atoms with Gasteiger partial charge in [-0.25, -0.2) is 0 Å². The molecule has 2 aromatic heterocycles. The van der Waals surface area contributed by atoms with E-state index >= 15 is 0 Å². The summed E-state index contributed by atoms with van der Waals surface area (Å²) in [6.45, 7) is 4.09. The van der Waals surface area contributed by atoms with Gasteiger partial charge in [0, 0.05) is 11.9 Å². The van der Waals surface area contributed by atoms with E-state index in [1.54, 1.807) is 0 Å². The average Bonchev–Trinajstić information content (AvgIpc) is 2.78. The van der Waals surface area contributed by atoms with E-state index in [4.69, 9.17) is 5.73 Å². The van der Waals surface area contributed by atoms with Gasteiger partial charge in [0.1, 0.15) is 0 Å². The number of aryl methyl sites for hydroxylation is 2. The van der Waals surface area contributed by atoms with Gasteiger partial charge in [-0.1, -0.05) is 23.9 Å². The molecule has 0 amide bonds. The maximum Gasteiger partial charge on any atom is 0.0807 e. The summed E-state index contributed by atoms with van der Waals surface area (Å²) in [7, 11) is 0. The third-order valence-corrected chi connectivity index (χ3v) is 3.50. The van der Waals surface area contributed by atoms with Crippen LogP contribution < -0.4 is 5.73 Å². The maximum atomic E-state index is 6.23. The fourth-order valence-corrected chi connectivity index (χ4v) is 2.40. The summed E-state index contributed by atoms with van der Waals surface area (Å²) in [5, 5.41) is 4.14. The van der Waals surface area contributed by atoms with Crippen molar-refractivity contribution in [3.8, 4) is 0 Å². The van der Waals surface area contributed by atoms with Crippen molar-refractivity contribution in [2.24, 2.45) is 5.73 Å². The number of hydrogen-bond donors (Lipinski definition) is 1. The molecule has 4 nitrogen and oxygen atoms in total. The lowest BCUT2D eigenvalue weighted by Crippen LogP contribution is -2.12. The minimum Gasteiger partial charge on any atom is -0.319 e. The predicted molar refractivity (Wildman–Crippen MR) is 68.9 cm³/mol. The zero-order valence-electron chi connectivity index (χ0n) is 10.1. The maximum absolute atomic E-state index is 6.23. The number of rotatable bonds is 4. The summed E-state index contributed by atoms with van der Waals surface area (Å²) >= 11 is 1.38. The second-order valence-corrected chi connectivity index (χ2v) is 4.83. The molecule has 0 aliphatic heterocycles. The van der Waals surface area contributed by atoms with Gasteiger partial charge in [-0.2, -0.15) is 0 Å². The van der Waals surface area contributed by atoms with Crippen molar-refractivity contribution in [2.45, 2.75) is 32.7 Å². The molecular formula is C12H16N4S. The second-order valence-electron chi connectivity index (χ2n) is 4.04. The molecule has 1 atom stereocenters. The van der Waals surface area contributed by atoms with Crippen molar-refractivity contribution < 1.29 is 0 Å². The molecule has 0 saturated carbocycles. The van der Waals surface area contributed by atoms with Crippen LogP contribution in [0.1, 0.15) is 41.2 Å². The lowest BCUT2D eigenvalue weighted by atomic mass is 10.1. The van der Waals surface area contributed by atoms with Crippen LogP contribution in [-0.4, -0.2) is 14.6 Å². The van der Waals surface area contributed by atoms with E-state index in [0.29, 0.717) is 0 Å². The Bertz CT molecular complexity index is 478. The van der Waals surface area contributed by atoms with Gasteiger partial charge in [-0.05, 0) is 36.5 Å². The lowest BCUT2D eigenvalue weighted by Gasteiger charge is -2.10. The largest absolute Gasteiger partial charge is 0.319 e. The molecule has 2 rings (SSSR count). The predicted octanol–water partition coefficient (Wildman–Crippen LogP) is 2.24. The van der Waals surface area contributed by atoms with E-state index < -0.39 is 0 Å². The first kappa shape index (κ1) is 12.1. The molecule has 0 aliphatic carbocycles. The van der Waals surface area contributed by atoms with E-state index in [0.717, 1.165) is 34.7 Å². The highest BCUT2D eigenvalue weighted by atomic mass is 32.1. The molecule has 0 bridgehead atoms. The number of nitrogens with zero attached hydrogens (tertiary/aromatic N) is 3. The molecule has 90 valence electrons. The van der Waals surface area contributed by atoms with Crippen LogP contribution >= 0.6 is 11.5 Å². The number of hydrogen-bond acceptors (Lipinski definition) is 5. The van der Waals surface area contributed by atoms with Gasteiger partial charge in [0.25, 0.3) is 0 Å². The van der Waals surface area contributed by atoms with E-state index in [1.165, 1.54) is 11.5 Å². The fraction of sp³-hybridized carbons (Fsp3) is 0.417. The summed E-state index contributed by atoms with van der Waals surface area (Å²) in [4.78, 5) is 5.32. The highest BCUT2D eigenvalue weighted by molar-refractivity contribution is 7.05. The van der Waals surface area contributed by atoms with Crippen molar-refractivity contribution >= 4 is 11.5 Å². The molecule has 1 unspecified atom stereocenters. The van der Waals surface area contributed by atoms with Gasteiger partial charge in [-0.15, -0.1) is 5.10 Å². The minimum atomic E-state index is -0.162. The Morgan fingerprint density at radius 3 is 2.88 bits per heavy atom. The lowest BCUT2D eigenvalue weighted by molar-refractivity contribution is 0.810. The van der Waals surface area contributed by atoms with Crippen LogP contribution in [0.2, 0.25) is 0 Å². The Balaban J connectivity index is 2.26. The third kappa shape index (κ3) is 2.68. The molecule has 0 radical (unpaired) electrons. The Hall–Kier alpha value is -1.33. The van der Waals surface area contributed by atoms with Crippen molar-refractivity contribution in [3.05, 3.63) is 40.2 Å². The Morgan fingerprint density at radius 2 is 2.24 bits per heavy atom. The Morgan fingerprint density at radius 1 is 1.41 bits per heavy atom. The van der Waals surface area contributed by atoms with Crippen LogP contribution in [0, 0.1) is 6.92 Å². The van der Waals surface area contributed by atoms with Crippen molar-refractivity contribution in [1.29, 1.82) is 0 Å². The third-order valence-electron chi connectivity index (χ3n) is 2.65. The van der Waals surface area contributed by atoms with Gasteiger partial charge in [0.15, 0.2) is 0 Å². The molecule has 2 aromatic rings. The molecule has 0 aromatic carbocycles. The van der Waals surface area contributed by atoms with Crippen LogP contribution in [0.25, 0.3) is 0 Å². The zero-order valence-corrected chi connectivity index (χ0v) is 10.9. The molecule has 0 saturated heterocycles. The number of pyridine rings is 1. The number of aromatic nitrogens is 3. The quantitative estimate of drug-likeness (QED) is 0.901. The summed E-state index contributed by atoms with van der Waals surface area (Å²) < 4.78 is 4.00. The smallest absolute Gasteiger partial charge is 0.0807 e. The van der Waals surface area contributed by atoms with E-state index in [-0.39, 0.29) is 6.04 Å². The van der Waals surface area contributed by atoms with Crippen LogP contribution in [0.15, 0.2) is 18.3 Å². The van der Waals surface area contributed by atoms with E-state index in [9.17, 15) is 0 Å². The highest BCUT2D eigenvalue weighted by Crippen LogP contribution is 2.25. The normalized spacial score (nSPS) is 12.6. The summed E-state index contributed by atoms with van der Waals surface area (Å²) in [5.41, 5.74) is 9.26. The minimum absolute atomic E-state index is 0.162. The first-order valence-electron chi connectivity index (χ1n) is 5.71. The highest BCUT2D eigenvalue weighted by Gasteiger charge is 2.17. The second kappa shape index (κ2) is 5.33. The van der Waals surface area contributed by atoms with E-state index in [2.05, 4.69) is 21.5 Å². The molecule has 0 fully saturated rings. The fourth-order valence-electron chi connectivity index (χ4n) is 1.68. The molecule has 0 spiro atoms. The average molecular weight is 248 g/mol. The van der Waals surface area contributed by atoms with E-state index in [1.807, 2.05) is 25.3 Å². The van der Waals surface area contributed by atoms with Gasteiger partial charge in [0.05, 0.1) is 16.6 Å². The first-order valence-corrected chi connectivity index (χ1v) is 6.49. The molecule has 2 heterocycles. The summed E-state index contributed by atoms with van der Waals surface area (Å²) in [5.74, 6) is 0. The standard InChI is InChI=1S/C12H16N4S/c1-3-4-10-12(17-16-15-10)11(13)9-6-5-8(2)14-7-9/h5-7,11H,3-4,13H2,1-2H3. The Kier molecular flexibility index (Phi) is 3.81. The van der Waals surface area contributed by atoms with Gasteiger partial charge in [-0.3, -0.25) is 4.98 Å². The van der Waals surface area contributed by atoms with Gasteiger partial charge >= 0.3 is 0 Å². The SMILES string of the molecule is CCCc1nnsc1C(N)c1ccc(C)nc1. The van der Waals surface area contributed by atoms with Crippen molar-refractivity contribution in [1.82, 2.24) is 14.6 Å². The molecular weight excluding hydrogens is 232 g/mol. The summed E-state index contributed by atoms with van der Waals surface area (Å²) in [6.07, 6.45) is 3.81. The van der Waals surface area contributed by atoms with Crippen molar-refractivity contribution in [2.75, 3.05) is 0 Å². The van der Waals surface area contributed by atoms with Crippen LogP contribution in [0.5, 0.6) is 0 Å². The van der Waals surface area contributed by atoms with Crippen LogP contribution in [0.3, 0.4) is 0 Å². The molecule has 5 heteroatoms. The molecule has 0 aliphatic rings. The summed E-state index contributed by atoms with van der Waals surface area (Å²) in [6, 6.07) is 3.83. The number of nitrogens with two attached hydrogens (primary N) is 1.